The Bertz CT molecular complexity index is 557. The van der Waals surface area contributed by atoms with Crippen LogP contribution in [0, 0.1) is 6.92 Å². The van der Waals surface area contributed by atoms with E-state index in [0.29, 0.717) is 13.1 Å². The molecule has 0 spiro atoms. The lowest BCUT2D eigenvalue weighted by Gasteiger charge is -2.10. The van der Waals surface area contributed by atoms with Crippen molar-refractivity contribution < 1.29 is 0 Å². The van der Waals surface area contributed by atoms with E-state index in [1.165, 1.54) is 5.56 Å². The standard InChI is InChI=1S/C13H20N6S/c1-4-14-13(15-7-11-5-6-20-9-11)16-8-12-18-17-10(2)19(12)3/h5-6,9H,4,7-8H2,1-3H3,(H2,14,15,16). The molecule has 0 saturated heterocycles. The van der Waals surface area contributed by atoms with Gasteiger partial charge in [0.15, 0.2) is 11.8 Å². The molecular weight excluding hydrogens is 272 g/mol. The van der Waals surface area contributed by atoms with E-state index in [9.17, 15) is 0 Å². The molecule has 0 unspecified atom stereocenters. The minimum absolute atomic E-state index is 0.604. The summed E-state index contributed by atoms with van der Waals surface area (Å²) in [6.45, 7) is 6.09. The van der Waals surface area contributed by atoms with Crippen LogP contribution in [-0.2, 0) is 20.1 Å². The van der Waals surface area contributed by atoms with Gasteiger partial charge in [-0.15, -0.1) is 10.2 Å². The number of rotatable bonds is 5. The number of aryl methyl sites for hydroxylation is 1. The van der Waals surface area contributed by atoms with Gasteiger partial charge in [0.05, 0.1) is 13.1 Å². The fourth-order valence-corrected chi connectivity index (χ4v) is 2.32. The molecule has 108 valence electrons. The highest BCUT2D eigenvalue weighted by Gasteiger charge is 2.05. The number of hydrogen-bond acceptors (Lipinski definition) is 4. The summed E-state index contributed by atoms with van der Waals surface area (Å²) >= 11 is 1.69. The van der Waals surface area contributed by atoms with E-state index in [1.807, 2.05) is 25.5 Å². The van der Waals surface area contributed by atoms with E-state index in [4.69, 9.17) is 0 Å². The summed E-state index contributed by atoms with van der Waals surface area (Å²) in [4.78, 5) is 4.55. The maximum absolute atomic E-state index is 4.55. The first-order valence-corrected chi connectivity index (χ1v) is 7.53. The molecule has 2 aromatic heterocycles. The smallest absolute Gasteiger partial charge is 0.191 e. The third-order valence-corrected chi connectivity index (χ3v) is 3.67. The third-order valence-electron chi connectivity index (χ3n) is 2.94. The molecule has 0 saturated carbocycles. The topological polar surface area (TPSA) is 67.1 Å². The van der Waals surface area contributed by atoms with Crippen LogP contribution in [0.5, 0.6) is 0 Å². The summed E-state index contributed by atoms with van der Waals surface area (Å²) in [5, 5.41) is 18.8. The Morgan fingerprint density at radius 1 is 1.40 bits per heavy atom. The molecule has 2 rings (SSSR count). The fraction of sp³-hybridized carbons (Fsp3) is 0.462. The van der Waals surface area contributed by atoms with E-state index < -0.39 is 0 Å². The first kappa shape index (κ1) is 14.5. The van der Waals surface area contributed by atoms with E-state index >= 15 is 0 Å². The fourth-order valence-electron chi connectivity index (χ4n) is 1.66. The first-order valence-electron chi connectivity index (χ1n) is 6.58. The number of guanidine groups is 1. The van der Waals surface area contributed by atoms with Crippen molar-refractivity contribution in [1.29, 1.82) is 0 Å². The monoisotopic (exact) mass is 292 g/mol. The molecule has 0 bridgehead atoms. The van der Waals surface area contributed by atoms with Crippen molar-refractivity contribution in [3.63, 3.8) is 0 Å². The number of hydrogen-bond donors (Lipinski definition) is 2. The normalized spacial score (nSPS) is 11.7. The van der Waals surface area contributed by atoms with Crippen LogP contribution in [-0.4, -0.2) is 27.3 Å². The highest BCUT2D eigenvalue weighted by molar-refractivity contribution is 7.07. The molecule has 0 aromatic carbocycles. The van der Waals surface area contributed by atoms with Gasteiger partial charge in [0.2, 0.25) is 0 Å². The number of nitrogens with one attached hydrogen (secondary N) is 2. The summed E-state index contributed by atoms with van der Waals surface area (Å²) < 4.78 is 1.97. The summed E-state index contributed by atoms with van der Waals surface area (Å²) in [7, 11) is 1.96. The lowest BCUT2D eigenvalue weighted by Crippen LogP contribution is -2.37. The maximum atomic E-state index is 4.55. The molecule has 0 aliphatic rings. The van der Waals surface area contributed by atoms with Crippen LogP contribution in [0.15, 0.2) is 21.8 Å². The average molecular weight is 292 g/mol. The van der Waals surface area contributed by atoms with Crippen LogP contribution in [0.1, 0.15) is 24.1 Å². The zero-order valence-electron chi connectivity index (χ0n) is 12.1. The second-order valence-electron chi connectivity index (χ2n) is 4.40. The summed E-state index contributed by atoms with van der Waals surface area (Å²) in [5.41, 5.74) is 1.22. The van der Waals surface area contributed by atoms with E-state index in [1.54, 1.807) is 11.3 Å². The summed E-state index contributed by atoms with van der Waals surface area (Å²) in [6, 6.07) is 2.09. The Morgan fingerprint density at radius 2 is 2.25 bits per heavy atom. The van der Waals surface area contributed by atoms with Gasteiger partial charge < -0.3 is 15.2 Å². The molecule has 2 aromatic rings. The SMILES string of the molecule is CCNC(=NCc1ccsc1)NCc1nnc(C)n1C. The summed E-state index contributed by atoms with van der Waals surface area (Å²) in [5.74, 6) is 2.59. The molecule has 6 nitrogen and oxygen atoms in total. The second-order valence-corrected chi connectivity index (χ2v) is 5.18. The largest absolute Gasteiger partial charge is 0.357 e. The predicted molar refractivity (Wildman–Crippen MR) is 81.7 cm³/mol. The van der Waals surface area contributed by atoms with Gasteiger partial charge in [-0.1, -0.05) is 0 Å². The minimum atomic E-state index is 0.604. The van der Waals surface area contributed by atoms with Crippen molar-refractivity contribution in [2.24, 2.45) is 12.0 Å². The van der Waals surface area contributed by atoms with Crippen molar-refractivity contribution >= 4 is 17.3 Å². The Kier molecular flexibility index (Phi) is 5.11. The zero-order valence-corrected chi connectivity index (χ0v) is 12.9. The van der Waals surface area contributed by atoms with Gasteiger partial charge in [-0.2, -0.15) is 11.3 Å². The highest BCUT2D eigenvalue weighted by atomic mass is 32.1. The lowest BCUT2D eigenvalue weighted by molar-refractivity contribution is 0.718. The van der Waals surface area contributed by atoms with Crippen molar-refractivity contribution in [2.75, 3.05) is 6.54 Å². The van der Waals surface area contributed by atoms with Crippen LogP contribution in [0.3, 0.4) is 0 Å². The van der Waals surface area contributed by atoms with Crippen molar-refractivity contribution in [3.8, 4) is 0 Å². The number of nitrogens with zero attached hydrogens (tertiary/aromatic N) is 4. The van der Waals surface area contributed by atoms with Gasteiger partial charge in [0.1, 0.15) is 5.82 Å². The van der Waals surface area contributed by atoms with E-state index in [0.717, 1.165) is 24.2 Å². The van der Waals surface area contributed by atoms with Crippen LogP contribution < -0.4 is 10.6 Å². The molecule has 0 radical (unpaired) electrons. The van der Waals surface area contributed by atoms with Crippen molar-refractivity contribution in [1.82, 2.24) is 25.4 Å². The van der Waals surface area contributed by atoms with Crippen LogP contribution in [0.4, 0.5) is 0 Å². The quantitative estimate of drug-likeness (QED) is 0.646. The minimum Gasteiger partial charge on any atom is -0.357 e. The molecular formula is C13H20N6S. The molecule has 0 aliphatic heterocycles. The number of aromatic nitrogens is 3. The van der Waals surface area contributed by atoms with Crippen molar-refractivity contribution in [3.05, 3.63) is 34.0 Å². The van der Waals surface area contributed by atoms with Crippen LogP contribution >= 0.6 is 11.3 Å². The van der Waals surface area contributed by atoms with Gasteiger partial charge in [-0.05, 0) is 36.2 Å². The molecule has 0 fully saturated rings. The Balaban J connectivity index is 1.95. The zero-order chi connectivity index (χ0) is 14.4. The maximum Gasteiger partial charge on any atom is 0.191 e. The van der Waals surface area contributed by atoms with Crippen LogP contribution in [0.25, 0.3) is 0 Å². The Labute approximate surface area is 123 Å². The van der Waals surface area contributed by atoms with E-state index in [2.05, 4.69) is 42.6 Å². The molecule has 0 amide bonds. The molecule has 20 heavy (non-hydrogen) atoms. The molecule has 0 aliphatic carbocycles. The lowest BCUT2D eigenvalue weighted by atomic mass is 10.3. The molecule has 7 heteroatoms. The molecule has 2 N–H and O–H groups in total. The Hall–Kier alpha value is -1.89. The van der Waals surface area contributed by atoms with Gasteiger partial charge in [-0.3, -0.25) is 0 Å². The number of thiophene rings is 1. The number of aliphatic imine (C=N–C) groups is 1. The molecule has 2 heterocycles. The van der Waals surface area contributed by atoms with Gasteiger partial charge in [0.25, 0.3) is 0 Å². The Morgan fingerprint density at radius 3 is 2.85 bits per heavy atom. The average Bonchev–Trinajstić information content (AvgIpc) is 3.06. The third kappa shape index (κ3) is 3.80. The van der Waals surface area contributed by atoms with Crippen LogP contribution in [0.2, 0.25) is 0 Å². The molecule has 0 atom stereocenters. The van der Waals surface area contributed by atoms with Gasteiger partial charge >= 0.3 is 0 Å². The predicted octanol–water partition coefficient (Wildman–Crippen LogP) is 1.44. The highest BCUT2D eigenvalue weighted by Crippen LogP contribution is 2.06. The van der Waals surface area contributed by atoms with Crippen molar-refractivity contribution in [2.45, 2.75) is 26.9 Å². The second kappa shape index (κ2) is 7.04. The van der Waals surface area contributed by atoms with Gasteiger partial charge in [-0.25, -0.2) is 4.99 Å². The van der Waals surface area contributed by atoms with Gasteiger partial charge in [0, 0.05) is 13.6 Å². The summed E-state index contributed by atoms with van der Waals surface area (Å²) in [6.07, 6.45) is 0. The first-order chi connectivity index (χ1) is 9.70. The van der Waals surface area contributed by atoms with E-state index in [-0.39, 0.29) is 0 Å².